The Morgan fingerprint density at radius 3 is 2.63 bits per heavy atom. The summed E-state index contributed by atoms with van der Waals surface area (Å²) in [6.45, 7) is 2.12. The third-order valence-electron chi connectivity index (χ3n) is 6.56. The zero-order valence-corrected chi connectivity index (χ0v) is 17.3. The first-order chi connectivity index (χ1) is 14.6. The highest BCUT2D eigenvalue weighted by Gasteiger charge is 2.40. The summed E-state index contributed by atoms with van der Waals surface area (Å²) in [6.07, 6.45) is 5.64. The first kappa shape index (κ1) is 18.9. The van der Waals surface area contributed by atoms with Crippen molar-refractivity contribution in [2.75, 3.05) is 6.54 Å². The Bertz CT molecular complexity index is 1110. The van der Waals surface area contributed by atoms with Gasteiger partial charge in [0.1, 0.15) is 6.54 Å². The van der Waals surface area contributed by atoms with Crippen molar-refractivity contribution < 1.29 is 9.59 Å². The number of carbonyl (C=O) groups is 2. The molecule has 3 aromatic rings. The summed E-state index contributed by atoms with van der Waals surface area (Å²) in [6, 6.07) is 15.9. The number of hydrogen-bond donors (Lipinski definition) is 2. The number of nitrogens with zero attached hydrogens (tertiary/aromatic N) is 1. The minimum Gasteiger partial charge on any atom is -0.358 e. The number of aromatic amines is 1. The molecule has 1 fully saturated rings. The molecule has 5 rings (SSSR count). The van der Waals surface area contributed by atoms with Gasteiger partial charge in [-0.05, 0) is 37.5 Å². The fraction of sp³-hybridized carbons (Fsp3) is 0.360. The van der Waals surface area contributed by atoms with Crippen molar-refractivity contribution in [1.82, 2.24) is 15.2 Å². The van der Waals surface area contributed by atoms with Crippen LogP contribution < -0.4 is 5.32 Å². The van der Waals surface area contributed by atoms with Gasteiger partial charge in [-0.1, -0.05) is 55.7 Å². The molecule has 30 heavy (non-hydrogen) atoms. The van der Waals surface area contributed by atoms with Crippen LogP contribution in [-0.2, 0) is 4.79 Å². The predicted molar refractivity (Wildman–Crippen MR) is 117 cm³/mol. The second-order valence-electron chi connectivity index (χ2n) is 8.53. The Morgan fingerprint density at radius 2 is 1.80 bits per heavy atom. The SMILES string of the molecule is Cc1[nH]c2ccccc2c1[C@@H]1c2ccccc2C(=O)N1CC(=O)NC1CCCCC1. The summed E-state index contributed by atoms with van der Waals surface area (Å²) in [7, 11) is 0. The average molecular weight is 402 g/mol. The number of hydrogen-bond acceptors (Lipinski definition) is 2. The fourth-order valence-corrected chi connectivity index (χ4v) is 5.17. The van der Waals surface area contributed by atoms with Gasteiger partial charge in [-0.3, -0.25) is 9.59 Å². The highest BCUT2D eigenvalue weighted by Crippen LogP contribution is 2.42. The van der Waals surface area contributed by atoms with E-state index < -0.39 is 0 Å². The van der Waals surface area contributed by atoms with Crippen LogP contribution in [0.25, 0.3) is 10.9 Å². The fourth-order valence-electron chi connectivity index (χ4n) is 5.17. The summed E-state index contributed by atoms with van der Waals surface area (Å²) in [5.41, 5.74) is 4.82. The maximum absolute atomic E-state index is 13.3. The van der Waals surface area contributed by atoms with Crippen molar-refractivity contribution in [2.45, 2.75) is 51.1 Å². The first-order valence-electron chi connectivity index (χ1n) is 10.9. The lowest BCUT2D eigenvalue weighted by Crippen LogP contribution is -2.44. The highest BCUT2D eigenvalue weighted by atomic mass is 16.2. The Balaban J connectivity index is 1.51. The van der Waals surface area contributed by atoms with Gasteiger partial charge in [0.2, 0.25) is 5.91 Å². The van der Waals surface area contributed by atoms with Gasteiger partial charge in [0.25, 0.3) is 5.91 Å². The van der Waals surface area contributed by atoms with Crippen molar-refractivity contribution in [3.05, 3.63) is 70.9 Å². The highest BCUT2D eigenvalue weighted by molar-refractivity contribution is 6.02. The molecule has 5 heteroatoms. The smallest absolute Gasteiger partial charge is 0.255 e. The monoisotopic (exact) mass is 401 g/mol. The number of aryl methyl sites for hydroxylation is 1. The molecule has 0 bridgehead atoms. The van der Waals surface area contributed by atoms with E-state index in [4.69, 9.17) is 0 Å². The number of amides is 2. The zero-order chi connectivity index (χ0) is 20.7. The van der Waals surface area contributed by atoms with Crippen LogP contribution in [0.1, 0.15) is 65.3 Å². The van der Waals surface area contributed by atoms with Gasteiger partial charge < -0.3 is 15.2 Å². The molecule has 0 unspecified atom stereocenters. The molecule has 0 spiro atoms. The number of nitrogens with one attached hydrogen (secondary N) is 2. The molecule has 0 radical (unpaired) electrons. The van der Waals surface area contributed by atoms with Crippen LogP contribution in [0, 0.1) is 6.92 Å². The number of para-hydroxylation sites is 1. The minimum absolute atomic E-state index is 0.0643. The van der Waals surface area contributed by atoms with E-state index in [0.717, 1.165) is 53.4 Å². The molecule has 2 amide bonds. The van der Waals surface area contributed by atoms with Crippen molar-refractivity contribution in [3.8, 4) is 0 Å². The largest absolute Gasteiger partial charge is 0.358 e. The molecule has 1 atom stereocenters. The Hall–Kier alpha value is -3.08. The van der Waals surface area contributed by atoms with Gasteiger partial charge in [-0.2, -0.15) is 0 Å². The molecule has 5 nitrogen and oxygen atoms in total. The normalized spacial score (nSPS) is 19.3. The molecule has 2 aliphatic rings. The van der Waals surface area contributed by atoms with Gasteiger partial charge >= 0.3 is 0 Å². The second kappa shape index (κ2) is 7.63. The summed E-state index contributed by atoms with van der Waals surface area (Å²) >= 11 is 0. The van der Waals surface area contributed by atoms with Crippen LogP contribution >= 0.6 is 0 Å². The number of carbonyl (C=O) groups excluding carboxylic acids is 2. The summed E-state index contributed by atoms with van der Waals surface area (Å²) in [5.74, 6) is -0.135. The lowest BCUT2D eigenvalue weighted by molar-refractivity contribution is -0.122. The summed E-state index contributed by atoms with van der Waals surface area (Å²) < 4.78 is 0. The lowest BCUT2D eigenvalue weighted by atomic mass is 9.95. The number of benzene rings is 2. The lowest BCUT2D eigenvalue weighted by Gasteiger charge is -2.28. The van der Waals surface area contributed by atoms with E-state index in [-0.39, 0.29) is 30.4 Å². The number of aromatic nitrogens is 1. The molecule has 2 N–H and O–H groups in total. The van der Waals surface area contributed by atoms with Crippen LogP contribution in [0.3, 0.4) is 0 Å². The van der Waals surface area contributed by atoms with Gasteiger partial charge in [0.15, 0.2) is 0 Å². The van der Waals surface area contributed by atoms with Crippen LogP contribution in [0.5, 0.6) is 0 Å². The van der Waals surface area contributed by atoms with Crippen molar-refractivity contribution in [3.63, 3.8) is 0 Å². The molecule has 0 saturated heterocycles. The molecule has 1 aliphatic carbocycles. The van der Waals surface area contributed by atoms with Crippen LogP contribution in [0.4, 0.5) is 0 Å². The molecule has 154 valence electrons. The van der Waals surface area contributed by atoms with Crippen LogP contribution in [-0.4, -0.2) is 34.3 Å². The maximum Gasteiger partial charge on any atom is 0.255 e. The molecule has 1 saturated carbocycles. The van der Waals surface area contributed by atoms with E-state index in [0.29, 0.717) is 5.56 Å². The summed E-state index contributed by atoms with van der Waals surface area (Å²) in [4.78, 5) is 31.4. The zero-order valence-electron chi connectivity index (χ0n) is 17.3. The Kier molecular flexibility index (Phi) is 4.81. The summed E-state index contributed by atoms with van der Waals surface area (Å²) in [5, 5.41) is 4.27. The van der Waals surface area contributed by atoms with Crippen LogP contribution in [0.15, 0.2) is 48.5 Å². The molecule has 2 aromatic carbocycles. The van der Waals surface area contributed by atoms with Crippen molar-refractivity contribution in [1.29, 1.82) is 0 Å². The first-order valence-corrected chi connectivity index (χ1v) is 10.9. The van der Waals surface area contributed by atoms with E-state index >= 15 is 0 Å². The molecule has 1 aliphatic heterocycles. The van der Waals surface area contributed by atoms with Gasteiger partial charge in [-0.15, -0.1) is 0 Å². The number of rotatable bonds is 4. The second-order valence-corrected chi connectivity index (χ2v) is 8.53. The Labute approximate surface area is 176 Å². The Morgan fingerprint density at radius 1 is 1.07 bits per heavy atom. The number of H-pyrrole nitrogens is 1. The quantitative estimate of drug-likeness (QED) is 0.677. The van der Waals surface area contributed by atoms with E-state index in [9.17, 15) is 9.59 Å². The molecular formula is C25H27N3O2. The third kappa shape index (κ3) is 3.18. The number of fused-ring (bicyclic) bond motifs is 2. The van der Waals surface area contributed by atoms with Gasteiger partial charge in [0.05, 0.1) is 6.04 Å². The minimum atomic E-state index is -0.262. The van der Waals surface area contributed by atoms with Crippen molar-refractivity contribution >= 4 is 22.7 Å². The topological polar surface area (TPSA) is 65.2 Å². The van der Waals surface area contributed by atoms with Crippen LogP contribution in [0.2, 0.25) is 0 Å². The van der Waals surface area contributed by atoms with E-state index in [1.54, 1.807) is 4.90 Å². The molecule has 1 aromatic heterocycles. The molecular weight excluding hydrogens is 374 g/mol. The standard InChI is InChI=1S/C25H27N3O2/c1-16-23(20-13-7-8-14-21(20)26-16)24-18-11-5-6-12-19(18)25(30)28(24)15-22(29)27-17-9-3-2-4-10-17/h5-8,11-14,17,24,26H,2-4,9-10,15H2,1H3,(H,27,29)/t24-/m0/s1. The van der Waals surface area contributed by atoms with Crippen molar-refractivity contribution in [2.24, 2.45) is 0 Å². The van der Waals surface area contributed by atoms with Gasteiger partial charge in [-0.25, -0.2) is 0 Å². The van der Waals surface area contributed by atoms with E-state index in [1.165, 1.54) is 6.42 Å². The van der Waals surface area contributed by atoms with Gasteiger partial charge in [0, 0.05) is 33.8 Å². The van der Waals surface area contributed by atoms with E-state index in [2.05, 4.69) is 22.4 Å². The average Bonchev–Trinajstić information content (AvgIpc) is 3.22. The third-order valence-corrected chi connectivity index (χ3v) is 6.56. The predicted octanol–water partition coefficient (Wildman–Crippen LogP) is 4.47. The molecule has 2 heterocycles. The maximum atomic E-state index is 13.3. The van der Waals surface area contributed by atoms with E-state index in [1.807, 2.05) is 43.3 Å².